The van der Waals surface area contributed by atoms with Gasteiger partial charge in [-0.2, -0.15) is 0 Å². The van der Waals surface area contributed by atoms with Crippen LogP contribution in [0.2, 0.25) is 0 Å². The summed E-state index contributed by atoms with van der Waals surface area (Å²) in [5.74, 6) is 0.0578. The number of benzene rings is 2. The van der Waals surface area contributed by atoms with E-state index in [0.717, 1.165) is 28.8 Å². The zero-order chi connectivity index (χ0) is 14.1. The molecule has 0 bridgehead atoms. The third kappa shape index (κ3) is 2.10. The fraction of sp³-hybridized carbons (Fsp3) is 0.235. The second-order valence-electron chi connectivity index (χ2n) is 5.23. The van der Waals surface area contributed by atoms with Crippen molar-refractivity contribution >= 4 is 11.6 Å². The van der Waals surface area contributed by atoms with Crippen LogP contribution in [0.4, 0.5) is 5.69 Å². The summed E-state index contributed by atoms with van der Waals surface area (Å²) in [4.78, 5) is 14.6. The van der Waals surface area contributed by atoms with Crippen LogP contribution in [0.5, 0.6) is 0 Å². The van der Waals surface area contributed by atoms with Gasteiger partial charge in [0.05, 0.1) is 0 Å². The number of nitrogens with two attached hydrogens (primary N) is 1. The van der Waals surface area contributed by atoms with Crippen LogP contribution < -0.4 is 10.6 Å². The van der Waals surface area contributed by atoms with E-state index in [9.17, 15) is 4.79 Å². The van der Waals surface area contributed by atoms with Crippen LogP contribution in [0.25, 0.3) is 0 Å². The van der Waals surface area contributed by atoms with Gasteiger partial charge < -0.3 is 10.6 Å². The zero-order valence-electron chi connectivity index (χ0n) is 11.5. The van der Waals surface area contributed by atoms with Crippen molar-refractivity contribution in [2.24, 2.45) is 5.73 Å². The van der Waals surface area contributed by atoms with E-state index in [0.29, 0.717) is 6.54 Å². The molecule has 1 aliphatic heterocycles. The number of amides is 1. The largest absolute Gasteiger partial charge is 0.324 e. The summed E-state index contributed by atoms with van der Waals surface area (Å²) in [7, 11) is 0. The molecule has 0 aromatic heterocycles. The van der Waals surface area contributed by atoms with E-state index in [4.69, 9.17) is 5.73 Å². The van der Waals surface area contributed by atoms with Gasteiger partial charge in [0, 0.05) is 23.8 Å². The predicted octanol–water partition coefficient (Wildman–Crippen LogP) is 3.05. The van der Waals surface area contributed by atoms with Crippen molar-refractivity contribution < 1.29 is 4.79 Å². The smallest absolute Gasteiger partial charge is 0.258 e. The van der Waals surface area contributed by atoms with E-state index in [1.165, 1.54) is 0 Å². The average molecular weight is 266 g/mol. The van der Waals surface area contributed by atoms with Gasteiger partial charge in [-0.25, -0.2) is 0 Å². The molecule has 3 heteroatoms. The number of carbonyl (C=O) groups excluding carboxylic acids is 1. The van der Waals surface area contributed by atoms with Crippen LogP contribution in [0.1, 0.15) is 33.9 Å². The molecule has 2 N–H and O–H groups in total. The van der Waals surface area contributed by atoms with E-state index < -0.39 is 0 Å². The minimum absolute atomic E-state index is 0.0205. The molecule has 3 rings (SSSR count). The second-order valence-corrected chi connectivity index (χ2v) is 5.23. The van der Waals surface area contributed by atoms with E-state index in [-0.39, 0.29) is 11.9 Å². The standard InChI is InChI=1S/C17H18N2O/c1-12-6-2-3-7-13(12)17(20)19-11-10-15(18)14-8-4-5-9-16(14)19/h2-9,15H,10-11,18H2,1H3. The molecule has 0 radical (unpaired) electrons. The van der Waals surface area contributed by atoms with E-state index >= 15 is 0 Å². The Hall–Kier alpha value is -2.13. The number of para-hydroxylation sites is 1. The number of anilines is 1. The molecule has 2 aromatic rings. The van der Waals surface area contributed by atoms with Crippen LogP contribution in [0, 0.1) is 6.92 Å². The normalized spacial score (nSPS) is 17.7. The van der Waals surface area contributed by atoms with Crippen molar-refractivity contribution in [1.82, 2.24) is 0 Å². The topological polar surface area (TPSA) is 46.3 Å². The van der Waals surface area contributed by atoms with Crippen molar-refractivity contribution in [3.63, 3.8) is 0 Å². The number of aryl methyl sites for hydroxylation is 1. The Morgan fingerprint density at radius 2 is 1.85 bits per heavy atom. The molecular formula is C17H18N2O. The summed E-state index contributed by atoms with van der Waals surface area (Å²) in [6.45, 7) is 2.64. The first-order valence-electron chi connectivity index (χ1n) is 6.90. The fourth-order valence-corrected chi connectivity index (χ4v) is 2.76. The van der Waals surface area contributed by atoms with Gasteiger partial charge in [-0.1, -0.05) is 36.4 Å². The molecule has 2 aromatic carbocycles. The Bertz CT molecular complexity index is 651. The predicted molar refractivity (Wildman–Crippen MR) is 80.8 cm³/mol. The van der Waals surface area contributed by atoms with Gasteiger partial charge in [0.1, 0.15) is 0 Å². The Kier molecular flexibility index (Phi) is 3.28. The highest BCUT2D eigenvalue weighted by Gasteiger charge is 2.27. The Morgan fingerprint density at radius 3 is 2.65 bits per heavy atom. The van der Waals surface area contributed by atoms with Crippen LogP contribution in [0.15, 0.2) is 48.5 Å². The van der Waals surface area contributed by atoms with Crippen LogP contribution in [0.3, 0.4) is 0 Å². The molecule has 0 aliphatic carbocycles. The number of fused-ring (bicyclic) bond motifs is 1. The molecule has 0 saturated carbocycles. The molecule has 0 fully saturated rings. The van der Waals surface area contributed by atoms with Gasteiger partial charge in [0.25, 0.3) is 5.91 Å². The van der Waals surface area contributed by atoms with Gasteiger partial charge in [-0.3, -0.25) is 4.79 Å². The lowest BCUT2D eigenvalue weighted by Gasteiger charge is -2.33. The van der Waals surface area contributed by atoms with Crippen molar-refractivity contribution in [3.8, 4) is 0 Å². The molecular weight excluding hydrogens is 248 g/mol. The summed E-state index contributed by atoms with van der Waals surface area (Å²) >= 11 is 0. The molecule has 1 unspecified atom stereocenters. The highest BCUT2D eigenvalue weighted by atomic mass is 16.2. The molecule has 0 spiro atoms. The van der Waals surface area contributed by atoms with Gasteiger partial charge in [-0.05, 0) is 36.6 Å². The number of hydrogen-bond donors (Lipinski definition) is 1. The van der Waals surface area contributed by atoms with Crippen LogP contribution in [-0.4, -0.2) is 12.5 Å². The molecule has 3 nitrogen and oxygen atoms in total. The molecule has 1 aliphatic rings. The number of carbonyl (C=O) groups is 1. The molecule has 1 amide bonds. The van der Waals surface area contributed by atoms with Crippen molar-refractivity contribution in [1.29, 1.82) is 0 Å². The minimum atomic E-state index is 0.0205. The first-order valence-corrected chi connectivity index (χ1v) is 6.90. The maximum absolute atomic E-state index is 12.8. The summed E-state index contributed by atoms with van der Waals surface area (Å²) < 4.78 is 0. The van der Waals surface area contributed by atoms with Gasteiger partial charge in [0.15, 0.2) is 0 Å². The minimum Gasteiger partial charge on any atom is -0.324 e. The summed E-state index contributed by atoms with van der Waals surface area (Å²) in [6.07, 6.45) is 0.800. The molecule has 102 valence electrons. The van der Waals surface area contributed by atoms with Crippen LogP contribution in [-0.2, 0) is 0 Å². The van der Waals surface area contributed by atoms with E-state index in [1.807, 2.05) is 60.4 Å². The quantitative estimate of drug-likeness (QED) is 0.862. The first kappa shape index (κ1) is 12.9. The number of rotatable bonds is 1. The lowest BCUT2D eigenvalue weighted by Crippen LogP contribution is -2.38. The van der Waals surface area contributed by atoms with E-state index in [2.05, 4.69) is 0 Å². The number of nitrogens with zero attached hydrogens (tertiary/aromatic N) is 1. The molecule has 0 saturated heterocycles. The van der Waals surface area contributed by atoms with Gasteiger partial charge in [0.2, 0.25) is 0 Å². The molecule has 1 heterocycles. The lowest BCUT2D eigenvalue weighted by atomic mass is 9.96. The van der Waals surface area contributed by atoms with Crippen LogP contribution >= 0.6 is 0 Å². The molecule has 20 heavy (non-hydrogen) atoms. The van der Waals surface area contributed by atoms with Crippen molar-refractivity contribution in [2.75, 3.05) is 11.4 Å². The Balaban J connectivity index is 2.02. The maximum atomic E-state index is 12.8. The zero-order valence-corrected chi connectivity index (χ0v) is 11.5. The Morgan fingerprint density at radius 1 is 1.15 bits per heavy atom. The number of hydrogen-bond acceptors (Lipinski definition) is 2. The van der Waals surface area contributed by atoms with Crippen molar-refractivity contribution in [2.45, 2.75) is 19.4 Å². The lowest BCUT2D eigenvalue weighted by molar-refractivity contribution is 0.0983. The highest BCUT2D eigenvalue weighted by Crippen LogP contribution is 2.33. The summed E-state index contributed by atoms with van der Waals surface area (Å²) in [5.41, 5.74) is 9.91. The summed E-state index contributed by atoms with van der Waals surface area (Å²) in [6, 6.07) is 15.6. The highest BCUT2D eigenvalue weighted by molar-refractivity contribution is 6.07. The third-order valence-electron chi connectivity index (χ3n) is 3.91. The fourth-order valence-electron chi connectivity index (χ4n) is 2.76. The molecule has 1 atom stereocenters. The summed E-state index contributed by atoms with van der Waals surface area (Å²) in [5, 5.41) is 0. The third-order valence-corrected chi connectivity index (χ3v) is 3.91. The SMILES string of the molecule is Cc1ccccc1C(=O)N1CCC(N)c2ccccc21. The van der Waals surface area contributed by atoms with Gasteiger partial charge in [-0.15, -0.1) is 0 Å². The monoisotopic (exact) mass is 266 g/mol. The second kappa shape index (κ2) is 5.10. The Labute approximate surface area is 119 Å². The first-order chi connectivity index (χ1) is 9.68. The van der Waals surface area contributed by atoms with E-state index in [1.54, 1.807) is 0 Å². The maximum Gasteiger partial charge on any atom is 0.258 e. The van der Waals surface area contributed by atoms with Crippen molar-refractivity contribution in [3.05, 3.63) is 65.2 Å². The van der Waals surface area contributed by atoms with Gasteiger partial charge >= 0.3 is 0 Å². The average Bonchev–Trinajstić information content (AvgIpc) is 2.48.